The van der Waals surface area contributed by atoms with Crippen LogP contribution in [0.1, 0.15) is 25.8 Å². The molecule has 0 heterocycles. The van der Waals surface area contributed by atoms with Crippen LogP contribution in [0.3, 0.4) is 0 Å². The van der Waals surface area contributed by atoms with Gasteiger partial charge in [-0.2, -0.15) is 0 Å². The summed E-state index contributed by atoms with van der Waals surface area (Å²) >= 11 is 0. The van der Waals surface area contributed by atoms with Crippen LogP contribution < -0.4 is 19.1 Å². The van der Waals surface area contributed by atoms with Crippen molar-refractivity contribution in [2.75, 3.05) is 37.9 Å². The zero-order valence-electron chi connectivity index (χ0n) is 20.3. The molecule has 0 aliphatic heterocycles. The zero-order chi connectivity index (χ0) is 25.3. The van der Waals surface area contributed by atoms with Crippen LogP contribution in [0.15, 0.2) is 48.5 Å². The molecule has 1 N–H and O–H groups in total. The highest BCUT2D eigenvalue weighted by Crippen LogP contribution is 2.23. The average molecular weight is 492 g/mol. The Labute approximate surface area is 201 Å². The standard InChI is InChI=1S/C24H33N3O6S/c1-6-22(24(29)25-7-2)26(16-18-9-8-10-21(15-18)33-4)23(28)17-27(34(5,30)31)19-11-13-20(32-3)14-12-19/h8-15,22H,6-7,16-17H2,1-5H3,(H,25,29)/t22-/m1/s1. The van der Waals surface area contributed by atoms with Crippen molar-refractivity contribution < 1.29 is 27.5 Å². The number of anilines is 1. The lowest BCUT2D eigenvalue weighted by atomic mass is 10.1. The van der Waals surface area contributed by atoms with Crippen molar-refractivity contribution in [1.82, 2.24) is 10.2 Å². The minimum atomic E-state index is -3.79. The van der Waals surface area contributed by atoms with Crippen molar-refractivity contribution in [2.45, 2.75) is 32.9 Å². The number of benzene rings is 2. The van der Waals surface area contributed by atoms with Crippen molar-refractivity contribution in [2.24, 2.45) is 0 Å². The first kappa shape index (κ1) is 27.0. The SMILES string of the molecule is CCNC(=O)[C@@H](CC)N(Cc1cccc(OC)c1)C(=O)CN(c1ccc(OC)cc1)S(C)(=O)=O. The molecule has 10 heteroatoms. The number of hydrogen-bond acceptors (Lipinski definition) is 6. The second kappa shape index (κ2) is 12.3. The monoisotopic (exact) mass is 491 g/mol. The molecule has 0 bridgehead atoms. The minimum absolute atomic E-state index is 0.117. The van der Waals surface area contributed by atoms with Crippen molar-refractivity contribution in [3.8, 4) is 11.5 Å². The number of sulfonamides is 1. The third kappa shape index (κ3) is 7.11. The van der Waals surface area contributed by atoms with E-state index < -0.39 is 28.5 Å². The Morgan fingerprint density at radius 2 is 1.65 bits per heavy atom. The van der Waals surface area contributed by atoms with E-state index in [9.17, 15) is 18.0 Å². The molecule has 9 nitrogen and oxygen atoms in total. The van der Waals surface area contributed by atoms with Crippen LogP contribution >= 0.6 is 0 Å². The summed E-state index contributed by atoms with van der Waals surface area (Å²) in [7, 11) is -0.733. The number of nitrogens with one attached hydrogen (secondary N) is 1. The molecule has 0 saturated carbocycles. The number of rotatable bonds is 12. The van der Waals surface area contributed by atoms with Crippen molar-refractivity contribution in [3.63, 3.8) is 0 Å². The van der Waals surface area contributed by atoms with E-state index in [1.54, 1.807) is 56.5 Å². The number of carbonyl (C=O) groups is 2. The normalized spacial score (nSPS) is 11.9. The lowest BCUT2D eigenvalue weighted by molar-refractivity contribution is -0.140. The Balaban J connectivity index is 2.43. The predicted octanol–water partition coefficient (Wildman–Crippen LogP) is 2.41. The Morgan fingerprint density at radius 3 is 2.18 bits per heavy atom. The quantitative estimate of drug-likeness (QED) is 0.489. The molecular formula is C24H33N3O6S. The molecule has 0 unspecified atom stereocenters. The molecule has 34 heavy (non-hydrogen) atoms. The Morgan fingerprint density at radius 1 is 1.00 bits per heavy atom. The second-order valence-electron chi connectivity index (χ2n) is 7.66. The number of nitrogens with zero attached hydrogens (tertiary/aromatic N) is 2. The largest absolute Gasteiger partial charge is 0.497 e. The van der Waals surface area contributed by atoms with E-state index in [-0.39, 0.29) is 12.5 Å². The zero-order valence-corrected chi connectivity index (χ0v) is 21.1. The molecule has 2 rings (SSSR count). The van der Waals surface area contributed by atoms with E-state index in [4.69, 9.17) is 9.47 Å². The topological polar surface area (TPSA) is 105 Å². The number of hydrogen-bond donors (Lipinski definition) is 1. The van der Waals surface area contributed by atoms with Gasteiger partial charge >= 0.3 is 0 Å². The van der Waals surface area contributed by atoms with Crippen LogP contribution in [0.25, 0.3) is 0 Å². The van der Waals surface area contributed by atoms with Gasteiger partial charge in [0.05, 0.1) is 26.2 Å². The molecule has 0 spiro atoms. The first-order valence-corrected chi connectivity index (χ1v) is 12.8. The maximum atomic E-state index is 13.5. The molecule has 0 aliphatic carbocycles. The number of likely N-dealkylation sites (N-methyl/N-ethyl adjacent to an activating group) is 1. The molecule has 0 fully saturated rings. The molecule has 0 saturated heterocycles. The van der Waals surface area contributed by atoms with Gasteiger partial charge in [0.25, 0.3) is 0 Å². The highest BCUT2D eigenvalue weighted by molar-refractivity contribution is 7.92. The first-order chi connectivity index (χ1) is 16.1. The van der Waals surface area contributed by atoms with E-state index in [0.717, 1.165) is 16.1 Å². The number of ether oxygens (including phenoxy) is 2. The van der Waals surface area contributed by atoms with Gasteiger partial charge in [-0.1, -0.05) is 19.1 Å². The maximum absolute atomic E-state index is 13.5. The number of carbonyl (C=O) groups excluding carboxylic acids is 2. The summed E-state index contributed by atoms with van der Waals surface area (Å²) in [6.45, 7) is 3.69. The van der Waals surface area contributed by atoms with Gasteiger partial charge in [-0.05, 0) is 55.3 Å². The average Bonchev–Trinajstić information content (AvgIpc) is 2.82. The van der Waals surface area contributed by atoms with Gasteiger partial charge in [-0.15, -0.1) is 0 Å². The van der Waals surface area contributed by atoms with E-state index >= 15 is 0 Å². The highest BCUT2D eigenvalue weighted by Gasteiger charge is 2.31. The molecule has 2 aromatic carbocycles. The predicted molar refractivity (Wildman–Crippen MR) is 131 cm³/mol. The smallest absolute Gasteiger partial charge is 0.244 e. The highest BCUT2D eigenvalue weighted by atomic mass is 32.2. The van der Waals surface area contributed by atoms with Crippen LogP contribution in [0.4, 0.5) is 5.69 Å². The first-order valence-electron chi connectivity index (χ1n) is 11.0. The van der Waals surface area contributed by atoms with Gasteiger partial charge < -0.3 is 19.7 Å². The van der Waals surface area contributed by atoms with Gasteiger partial charge in [0, 0.05) is 13.1 Å². The molecule has 2 aromatic rings. The van der Waals surface area contributed by atoms with Crippen molar-refractivity contribution in [3.05, 3.63) is 54.1 Å². The fraction of sp³-hybridized carbons (Fsp3) is 0.417. The van der Waals surface area contributed by atoms with Crippen molar-refractivity contribution >= 4 is 27.5 Å². The van der Waals surface area contributed by atoms with Gasteiger partial charge in [-0.3, -0.25) is 13.9 Å². The van der Waals surface area contributed by atoms with Crippen molar-refractivity contribution in [1.29, 1.82) is 0 Å². The summed E-state index contributed by atoms with van der Waals surface area (Å²) in [6.07, 6.45) is 1.40. The second-order valence-corrected chi connectivity index (χ2v) is 9.57. The summed E-state index contributed by atoms with van der Waals surface area (Å²) in [5, 5.41) is 2.76. The maximum Gasteiger partial charge on any atom is 0.244 e. The molecule has 1 atom stereocenters. The minimum Gasteiger partial charge on any atom is -0.497 e. The Kier molecular flexibility index (Phi) is 9.73. The van der Waals surface area contributed by atoms with Crippen LogP contribution in [-0.2, 0) is 26.2 Å². The summed E-state index contributed by atoms with van der Waals surface area (Å²) < 4.78 is 36.6. The summed E-state index contributed by atoms with van der Waals surface area (Å²) in [6, 6.07) is 12.8. The molecule has 0 radical (unpaired) electrons. The Hall–Kier alpha value is -3.27. The lowest BCUT2D eigenvalue weighted by Gasteiger charge is -2.32. The lowest BCUT2D eigenvalue weighted by Crippen LogP contribution is -2.52. The molecule has 186 valence electrons. The number of amides is 2. The van der Waals surface area contributed by atoms with Crippen LogP contribution in [0, 0.1) is 0 Å². The molecule has 0 aromatic heterocycles. The number of methoxy groups -OCH3 is 2. The molecule has 0 aliphatic rings. The third-order valence-corrected chi connectivity index (χ3v) is 6.40. The van der Waals surface area contributed by atoms with Gasteiger partial charge in [0.1, 0.15) is 24.1 Å². The summed E-state index contributed by atoms with van der Waals surface area (Å²) in [4.78, 5) is 27.7. The van der Waals surface area contributed by atoms with E-state index in [1.165, 1.54) is 12.0 Å². The molecule has 2 amide bonds. The van der Waals surface area contributed by atoms with E-state index in [2.05, 4.69) is 5.32 Å². The van der Waals surface area contributed by atoms with Gasteiger partial charge in [0.2, 0.25) is 21.8 Å². The van der Waals surface area contributed by atoms with Gasteiger partial charge in [0.15, 0.2) is 0 Å². The summed E-state index contributed by atoms with van der Waals surface area (Å²) in [5.41, 5.74) is 1.08. The third-order valence-electron chi connectivity index (χ3n) is 5.26. The molecular weight excluding hydrogens is 458 g/mol. The fourth-order valence-electron chi connectivity index (χ4n) is 3.54. The fourth-order valence-corrected chi connectivity index (χ4v) is 4.39. The summed E-state index contributed by atoms with van der Waals surface area (Å²) in [5.74, 6) is 0.385. The van der Waals surface area contributed by atoms with Crippen LogP contribution in [0.5, 0.6) is 11.5 Å². The van der Waals surface area contributed by atoms with Crippen LogP contribution in [0.2, 0.25) is 0 Å². The Bertz CT molecular complexity index is 1070. The van der Waals surface area contributed by atoms with E-state index in [0.29, 0.717) is 30.2 Å². The van der Waals surface area contributed by atoms with E-state index in [1.807, 2.05) is 13.0 Å². The van der Waals surface area contributed by atoms with Crippen LogP contribution in [-0.4, -0.2) is 64.7 Å². The van der Waals surface area contributed by atoms with Gasteiger partial charge in [-0.25, -0.2) is 8.42 Å².